The van der Waals surface area contributed by atoms with Gasteiger partial charge in [-0.2, -0.15) is 4.31 Å². The average Bonchev–Trinajstić information content (AvgIpc) is 2.37. The molecule has 1 heterocycles. The van der Waals surface area contributed by atoms with Crippen LogP contribution in [0.4, 0.5) is 4.79 Å². The molecule has 0 unspecified atom stereocenters. The van der Waals surface area contributed by atoms with Crippen LogP contribution < -0.4 is 5.32 Å². The zero-order valence-electron chi connectivity index (χ0n) is 10.6. The third kappa shape index (κ3) is 4.29. The molecule has 2 amide bonds. The second kappa shape index (κ2) is 7.16. The average molecular weight is 298 g/mol. The Morgan fingerprint density at radius 3 is 2.39 bits per heavy atom. The Kier molecular flexibility index (Phi) is 6.17. The number of amides is 2. The summed E-state index contributed by atoms with van der Waals surface area (Å²) in [4.78, 5) is 13.2. The summed E-state index contributed by atoms with van der Waals surface area (Å²) in [5.41, 5.74) is 0. The van der Waals surface area contributed by atoms with Crippen LogP contribution in [0.25, 0.3) is 0 Å². The number of alkyl halides is 1. The van der Waals surface area contributed by atoms with E-state index in [0.717, 1.165) is 0 Å². The van der Waals surface area contributed by atoms with E-state index in [2.05, 4.69) is 5.32 Å². The molecule has 6 nitrogen and oxygen atoms in total. The molecule has 1 fully saturated rings. The van der Waals surface area contributed by atoms with Crippen LogP contribution in [0.3, 0.4) is 0 Å². The van der Waals surface area contributed by atoms with E-state index in [-0.39, 0.29) is 11.8 Å². The normalized spacial score (nSPS) is 17.8. The summed E-state index contributed by atoms with van der Waals surface area (Å²) in [5, 5.41) is 2.70. The Morgan fingerprint density at radius 1 is 1.28 bits per heavy atom. The first kappa shape index (κ1) is 15.5. The quantitative estimate of drug-likeness (QED) is 0.742. The number of nitrogens with one attached hydrogen (secondary N) is 1. The Morgan fingerprint density at radius 2 is 1.89 bits per heavy atom. The number of hydrogen-bond donors (Lipinski definition) is 1. The van der Waals surface area contributed by atoms with E-state index in [4.69, 9.17) is 11.6 Å². The molecule has 18 heavy (non-hydrogen) atoms. The van der Waals surface area contributed by atoms with Gasteiger partial charge in [-0.3, -0.25) is 0 Å². The first-order valence-electron chi connectivity index (χ1n) is 6.08. The lowest BCUT2D eigenvalue weighted by Crippen LogP contribution is -2.53. The Bertz CT molecular complexity index is 367. The van der Waals surface area contributed by atoms with Crippen molar-refractivity contribution in [3.05, 3.63) is 0 Å². The summed E-state index contributed by atoms with van der Waals surface area (Å²) in [6.45, 7) is 4.03. The van der Waals surface area contributed by atoms with Crippen LogP contribution in [0.2, 0.25) is 0 Å². The van der Waals surface area contributed by atoms with Gasteiger partial charge in [-0.1, -0.05) is 0 Å². The van der Waals surface area contributed by atoms with Crippen LogP contribution in [0.15, 0.2) is 0 Å². The SMILES string of the molecule is CCNC(=O)N1CCN(S(=O)(=O)CCCCl)CC1. The van der Waals surface area contributed by atoms with Gasteiger partial charge in [-0.25, -0.2) is 13.2 Å². The second-order valence-corrected chi connectivity index (χ2v) is 6.55. The van der Waals surface area contributed by atoms with Gasteiger partial charge in [0.1, 0.15) is 0 Å². The monoisotopic (exact) mass is 297 g/mol. The molecule has 1 aliphatic rings. The summed E-state index contributed by atoms with van der Waals surface area (Å²) in [5.74, 6) is 0.426. The second-order valence-electron chi connectivity index (χ2n) is 4.08. The summed E-state index contributed by atoms with van der Waals surface area (Å²) < 4.78 is 25.2. The van der Waals surface area contributed by atoms with Gasteiger partial charge in [0, 0.05) is 38.6 Å². The molecule has 1 rings (SSSR count). The molecular weight excluding hydrogens is 278 g/mol. The lowest BCUT2D eigenvalue weighted by molar-refractivity contribution is 0.173. The maximum Gasteiger partial charge on any atom is 0.317 e. The van der Waals surface area contributed by atoms with Crippen molar-refractivity contribution in [2.45, 2.75) is 13.3 Å². The number of urea groups is 1. The van der Waals surface area contributed by atoms with E-state index in [0.29, 0.717) is 45.0 Å². The van der Waals surface area contributed by atoms with Crippen LogP contribution in [0.1, 0.15) is 13.3 Å². The van der Waals surface area contributed by atoms with Gasteiger partial charge in [0.2, 0.25) is 10.0 Å². The fourth-order valence-electron chi connectivity index (χ4n) is 1.80. The number of carbonyl (C=O) groups excluding carboxylic acids is 1. The van der Waals surface area contributed by atoms with E-state index in [1.807, 2.05) is 6.92 Å². The molecule has 1 saturated heterocycles. The Hall–Kier alpha value is -0.530. The van der Waals surface area contributed by atoms with E-state index in [1.54, 1.807) is 4.90 Å². The van der Waals surface area contributed by atoms with Crippen molar-refractivity contribution in [1.82, 2.24) is 14.5 Å². The lowest BCUT2D eigenvalue weighted by Gasteiger charge is -2.33. The van der Waals surface area contributed by atoms with Crippen molar-refractivity contribution in [3.8, 4) is 0 Å². The minimum absolute atomic E-state index is 0.0810. The van der Waals surface area contributed by atoms with Gasteiger partial charge in [0.05, 0.1) is 5.75 Å². The van der Waals surface area contributed by atoms with E-state index >= 15 is 0 Å². The predicted molar refractivity (Wildman–Crippen MR) is 71.3 cm³/mol. The molecule has 0 aromatic heterocycles. The highest BCUT2D eigenvalue weighted by atomic mass is 35.5. The number of nitrogens with zero attached hydrogens (tertiary/aromatic N) is 2. The molecule has 0 aromatic rings. The topological polar surface area (TPSA) is 69.7 Å². The minimum Gasteiger partial charge on any atom is -0.338 e. The van der Waals surface area contributed by atoms with Crippen molar-refractivity contribution in [1.29, 1.82) is 0 Å². The van der Waals surface area contributed by atoms with Gasteiger partial charge in [-0.15, -0.1) is 11.6 Å². The van der Waals surface area contributed by atoms with Gasteiger partial charge in [-0.05, 0) is 13.3 Å². The fraction of sp³-hybridized carbons (Fsp3) is 0.900. The van der Waals surface area contributed by atoms with Gasteiger partial charge in [0.25, 0.3) is 0 Å². The first-order chi connectivity index (χ1) is 8.51. The standard InChI is InChI=1S/C10H20ClN3O3S/c1-2-12-10(15)13-5-7-14(8-6-13)18(16,17)9-3-4-11/h2-9H2,1H3,(H,12,15). The van der Waals surface area contributed by atoms with Gasteiger partial charge in [0.15, 0.2) is 0 Å². The van der Waals surface area contributed by atoms with Crippen molar-refractivity contribution in [2.75, 3.05) is 44.4 Å². The van der Waals surface area contributed by atoms with E-state index in [1.165, 1.54) is 4.31 Å². The summed E-state index contributed by atoms with van der Waals surface area (Å²) in [6.07, 6.45) is 0.459. The van der Waals surface area contributed by atoms with Crippen molar-refractivity contribution < 1.29 is 13.2 Å². The van der Waals surface area contributed by atoms with Crippen molar-refractivity contribution in [2.24, 2.45) is 0 Å². The number of piperazine rings is 1. The minimum atomic E-state index is -3.22. The summed E-state index contributed by atoms with van der Waals surface area (Å²) in [6, 6.07) is -0.129. The van der Waals surface area contributed by atoms with E-state index < -0.39 is 10.0 Å². The number of hydrogen-bond acceptors (Lipinski definition) is 3. The summed E-state index contributed by atoms with van der Waals surface area (Å²) >= 11 is 5.50. The number of sulfonamides is 1. The van der Waals surface area contributed by atoms with Crippen LogP contribution in [0.5, 0.6) is 0 Å². The molecule has 1 N–H and O–H groups in total. The van der Waals surface area contributed by atoms with Crippen LogP contribution in [-0.4, -0.2) is 68.0 Å². The maximum atomic E-state index is 11.9. The van der Waals surface area contributed by atoms with E-state index in [9.17, 15) is 13.2 Å². The molecule has 106 valence electrons. The van der Waals surface area contributed by atoms with Crippen molar-refractivity contribution in [3.63, 3.8) is 0 Å². The van der Waals surface area contributed by atoms with Crippen LogP contribution >= 0.6 is 11.6 Å². The first-order valence-corrected chi connectivity index (χ1v) is 8.22. The molecule has 0 radical (unpaired) electrons. The molecule has 0 aliphatic carbocycles. The zero-order chi connectivity index (χ0) is 13.6. The van der Waals surface area contributed by atoms with Crippen LogP contribution in [0, 0.1) is 0 Å². The number of rotatable bonds is 5. The number of carbonyl (C=O) groups is 1. The predicted octanol–water partition coefficient (Wildman–Crippen LogP) is 0.292. The summed E-state index contributed by atoms with van der Waals surface area (Å²) in [7, 11) is -3.22. The van der Waals surface area contributed by atoms with Gasteiger partial charge < -0.3 is 10.2 Å². The zero-order valence-corrected chi connectivity index (χ0v) is 12.1. The smallest absolute Gasteiger partial charge is 0.317 e. The largest absolute Gasteiger partial charge is 0.338 e. The highest BCUT2D eigenvalue weighted by molar-refractivity contribution is 7.89. The lowest BCUT2D eigenvalue weighted by atomic mass is 10.4. The molecular formula is C10H20ClN3O3S. The molecule has 8 heteroatoms. The molecule has 0 spiro atoms. The molecule has 0 bridgehead atoms. The molecule has 1 aliphatic heterocycles. The number of halogens is 1. The molecule has 0 atom stereocenters. The third-order valence-corrected chi connectivity index (χ3v) is 5.01. The van der Waals surface area contributed by atoms with Crippen LogP contribution in [-0.2, 0) is 10.0 Å². The van der Waals surface area contributed by atoms with Crippen molar-refractivity contribution >= 4 is 27.7 Å². The Labute approximate surface area is 113 Å². The Balaban J connectivity index is 2.46. The van der Waals surface area contributed by atoms with Gasteiger partial charge >= 0.3 is 6.03 Å². The highest BCUT2D eigenvalue weighted by Gasteiger charge is 2.28. The highest BCUT2D eigenvalue weighted by Crippen LogP contribution is 2.09. The third-order valence-electron chi connectivity index (χ3n) is 2.78. The maximum absolute atomic E-state index is 11.9. The molecule has 0 aromatic carbocycles. The fourth-order valence-corrected chi connectivity index (χ4v) is 3.58. The molecule has 0 saturated carbocycles.